The number of hydrogen-bond acceptors (Lipinski definition) is 5. The van der Waals surface area contributed by atoms with E-state index in [1.54, 1.807) is 0 Å². The molecule has 1 aromatic heterocycles. The summed E-state index contributed by atoms with van der Waals surface area (Å²) < 4.78 is 5.39. The Balaban J connectivity index is 1.71. The smallest absolute Gasteiger partial charge is 0.231 e. The maximum absolute atomic E-state index is 5.39. The molecule has 0 radical (unpaired) electrons. The van der Waals surface area contributed by atoms with E-state index in [1.165, 1.54) is 18.6 Å². The predicted molar refractivity (Wildman–Crippen MR) is 63.8 cm³/mol. The Hall–Kier alpha value is -0.550. The third-order valence-electron chi connectivity index (χ3n) is 3.39. The Kier molecular flexibility index (Phi) is 3.15. The van der Waals surface area contributed by atoms with E-state index in [4.69, 9.17) is 4.52 Å². The van der Waals surface area contributed by atoms with Crippen molar-refractivity contribution in [1.82, 2.24) is 15.5 Å². The third-order valence-corrected chi connectivity index (χ3v) is 4.61. The van der Waals surface area contributed by atoms with Crippen molar-refractivity contribution in [3.63, 3.8) is 0 Å². The van der Waals surface area contributed by atoms with Gasteiger partial charge in [0.05, 0.1) is 5.92 Å². The van der Waals surface area contributed by atoms with Gasteiger partial charge in [0.1, 0.15) is 0 Å². The van der Waals surface area contributed by atoms with Crippen molar-refractivity contribution in [2.75, 3.05) is 24.6 Å². The highest BCUT2D eigenvalue weighted by molar-refractivity contribution is 7.99. The molecule has 3 rings (SSSR count). The van der Waals surface area contributed by atoms with Crippen molar-refractivity contribution in [2.24, 2.45) is 0 Å². The van der Waals surface area contributed by atoms with Crippen LogP contribution < -0.4 is 5.32 Å². The van der Waals surface area contributed by atoms with Gasteiger partial charge in [-0.1, -0.05) is 5.16 Å². The lowest BCUT2D eigenvalue weighted by molar-refractivity contribution is 0.352. The molecule has 0 amide bonds. The van der Waals surface area contributed by atoms with E-state index in [2.05, 4.69) is 15.5 Å². The Labute approximate surface area is 99.6 Å². The fourth-order valence-electron chi connectivity index (χ4n) is 2.39. The van der Waals surface area contributed by atoms with Gasteiger partial charge in [0.25, 0.3) is 0 Å². The Morgan fingerprint density at radius 2 is 2.31 bits per heavy atom. The topological polar surface area (TPSA) is 51.0 Å². The van der Waals surface area contributed by atoms with Crippen LogP contribution in [0.5, 0.6) is 0 Å². The molecule has 1 aromatic rings. The predicted octanol–water partition coefficient (Wildman–Crippen LogP) is 1.76. The van der Waals surface area contributed by atoms with E-state index in [9.17, 15) is 0 Å². The van der Waals surface area contributed by atoms with Gasteiger partial charge in [-0.25, -0.2) is 0 Å². The molecule has 2 aliphatic rings. The number of hydrogen-bond donors (Lipinski definition) is 1. The number of thioether (sulfide) groups is 1. The maximum atomic E-state index is 5.39. The average Bonchev–Trinajstić information content (AvgIpc) is 3.01. The van der Waals surface area contributed by atoms with Crippen molar-refractivity contribution in [3.05, 3.63) is 11.7 Å². The van der Waals surface area contributed by atoms with Crippen molar-refractivity contribution < 1.29 is 4.52 Å². The molecule has 2 saturated heterocycles. The second-order valence-corrected chi connectivity index (χ2v) is 5.74. The normalized spacial score (nSPS) is 30.8. The van der Waals surface area contributed by atoms with Crippen LogP contribution in [-0.2, 0) is 0 Å². The second kappa shape index (κ2) is 4.75. The minimum absolute atomic E-state index is 0.442. The van der Waals surface area contributed by atoms with E-state index in [0.717, 1.165) is 37.0 Å². The number of aromatic nitrogens is 2. The molecule has 0 spiro atoms. The summed E-state index contributed by atoms with van der Waals surface area (Å²) in [5.74, 6) is 5.18. The van der Waals surface area contributed by atoms with Crippen LogP contribution in [0.3, 0.4) is 0 Å². The Morgan fingerprint density at radius 1 is 1.31 bits per heavy atom. The summed E-state index contributed by atoms with van der Waals surface area (Å²) in [6.45, 7) is 2.06. The lowest BCUT2D eigenvalue weighted by Crippen LogP contribution is -2.11. The highest BCUT2D eigenvalue weighted by Crippen LogP contribution is 2.30. The van der Waals surface area contributed by atoms with Crippen LogP contribution >= 0.6 is 11.8 Å². The Bertz CT molecular complexity index is 343. The summed E-state index contributed by atoms with van der Waals surface area (Å²) in [6, 6.07) is 0. The van der Waals surface area contributed by atoms with Crippen molar-refractivity contribution in [2.45, 2.75) is 31.1 Å². The van der Waals surface area contributed by atoms with E-state index in [1.807, 2.05) is 11.8 Å². The number of nitrogens with one attached hydrogen (secondary N) is 1. The summed E-state index contributed by atoms with van der Waals surface area (Å²) >= 11 is 2.01. The third kappa shape index (κ3) is 2.11. The molecule has 16 heavy (non-hydrogen) atoms. The fraction of sp³-hybridized carbons (Fsp3) is 0.818. The van der Waals surface area contributed by atoms with Crippen LogP contribution in [0.15, 0.2) is 4.52 Å². The molecule has 2 unspecified atom stereocenters. The average molecular weight is 239 g/mol. The Morgan fingerprint density at radius 3 is 3.06 bits per heavy atom. The van der Waals surface area contributed by atoms with Crippen LogP contribution in [0.1, 0.15) is 42.8 Å². The largest absolute Gasteiger partial charge is 0.339 e. The molecule has 0 bridgehead atoms. The molecular weight excluding hydrogens is 222 g/mol. The van der Waals surface area contributed by atoms with Crippen LogP contribution in [0.25, 0.3) is 0 Å². The lowest BCUT2D eigenvalue weighted by Gasteiger charge is -2.17. The highest BCUT2D eigenvalue weighted by Gasteiger charge is 2.26. The van der Waals surface area contributed by atoms with Crippen LogP contribution in [0, 0.1) is 0 Å². The molecule has 1 N–H and O–H groups in total. The molecule has 5 heteroatoms. The summed E-state index contributed by atoms with van der Waals surface area (Å²) in [6.07, 6.45) is 3.63. The summed E-state index contributed by atoms with van der Waals surface area (Å²) in [5, 5.41) is 7.48. The molecule has 2 aliphatic heterocycles. The zero-order valence-corrected chi connectivity index (χ0v) is 10.1. The minimum Gasteiger partial charge on any atom is -0.339 e. The summed E-state index contributed by atoms with van der Waals surface area (Å²) in [5.41, 5.74) is 0. The minimum atomic E-state index is 0.442. The van der Waals surface area contributed by atoms with Crippen LogP contribution in [0.4, 0.5) is 0 Å². The van der Waals surface area contributed by atoms with E-state index < -0.39 is 0 Å². The van der Waals surface area contributed by atoms with Crippen molar-refractivity contribution >= 4 is 11.8 Å². The van der Waals surface area contributed by atoms with Gasteiger partial charge in [0.2, 0.25) is 5.89 Å². The zero-order valence-electron chi connectivity index (χ0n) is 9.32. The number of nitrogens with zero attached hydrogens (tertiary/aromatic N) is 2. The standard InChI is InChI=1S/C11H17N3OS/c1-2-9(7-16-5-1)10-13-11(15-14-10)8-3-4-12-6-8/h8-9,12H,1-7H2. The molecule has 0 aromatic carbocycles. The van der Waals surface area contributed by atoms with E-state index in [0.29, 0.717) is 11.8 Å². The second-order valence-electron chi connectivity index (χ2n) is 4.59. The fourth-order valence-corrected chi connectivity index (χ4v) is 3.53. The first-order valence-corrected chi connectivity index (χ1v) is 7.21. The van der Waals surface area contributed by atoms with Gasteiger partial charge in [0.15, 0.2) is 5.82 Å². The van der Waals surface area contributed by atoms with E-state index in [-0.39, 0.29) is 0 Å². The monoisotopic (exact) mass is 239 g/mol. The van der Waals surface area contributed by atoms with Gasteiger partial charge in [-0.15, -0.1) is 0 Å². The maximum Gasteiger partial charge on any atom is 0.231 e. The molecule has 2 fully saturated rings. The van der Waals surface area contributed by atoms with E-state index >= 15 is 0 Å². The van der Waals surface area contributed by atoms with Gasteiger partial charge >= 0.3 is 0 Å². The first-order valence-electron chi connectivity index (χ1n) is 6.05. The quantitative estimate of drug-likeness (QED) is 0.852. The highest BCUT2D eigenvalue weighted by atomic mass is 32.2. The van der Waals surface area contributed by atoms with Crippen molar-refractivity contribution in [3.8, 4) is 0 Å². The number of rotatable bonds is 2. The summed E-state index contributed by atoms with van der Waals surface area (Å²) in [7, 11) is 0. The molecule has 0 aliphatic carbocycles. The zero-order chi connectivity index (χ0) is 10.8. The van der Waals surface area contributed by atoms with Gasteiger partial charge < -0.3 is 9.84 Å². The SMILES string of the molecule is C1CSCC(c2noc(C3CCNC3)n2)C1. The van der Waals surface area contributed by atoms with Crippen LogP contribution in [0.2, 0.25) is 0 Å². The molecule has 0 saturated carbocycles. The van der Waals surface area contributed by atoms with Gasteiger partial charge in [-0.05, 0) is 31.6 Å². The summed E-state index contributed by atoms with van der Waals surface area (Å²) in [4.78, 5) is 4.58. The van der Waals surface area contributed by atoms with Gasteiger partial charge in [-0.3, -0.25) is 0 Å². The van der Waals surface area contributed by atoms with Gasteiger partial charge in [0, 0.05) is 18.2 Å². The first-order chi connectivity index (χ1) is 7.93. The molecule has 2 atom stereocenters. The molecule has 4 nitrogen and oxygen atoms in total. The van der Waals surface area contributed by atoms with Crippen molar-refractivity contribution in [1.29, 1.82) is 0 Å². The van der Waals surface area contributed by atoms with Crippen LogP contribution in [-0.4, -0.2) is 34.7 Å². The molecular formula is C11H17N3OS. The first kappa shape index (κ1) is 10.6. The lowest BCUT2D eigenvalue weighted by atomic mass is 10.0. The molecule has 3 heterocycles. The van der Waals surface area contributed by atoms with Gasteiger partial charge in [-0.2, -0.15) is 16.7 Å². The molecule has 88 valence electrons.